The van der Waals surface area contributed by atoms with Crippen molar-refractivity contribution in [1.29, 1.82) is 0 Å². The molecule has 0 saturated carbocycles. The average Bonchev–Trinajstić information content (AvgIpc) is 3.07. The number of fused-ring (bicyclic) bond motifs is 3. The monoisotopic (exact) mass is 517 g/mol. The van der Waals surface area contributed by atoms with Crippen LogP contribution in [0.1, 0.15) is 5.56 Å². The number of ether oxygens (including phenoxy) is 1. The predicted octanol–water partition coefficient (Wildman–Crippen LogP) is 5.73. The van der Waals surface area contributed by atoms with Gasteiger partial charge < -0.3 is 4.74 Å². The molecule has 1 N–H and O–H groups in total. The maximum Gasteiger partial charge on any atom is 0.192 e. The molecule has 0 aliphatic carbocycles. The number of pyridine rings is 1. The zero-order valence-electron chi connectivity index (χ0n) is 20.7. The number of aryl methyl sites for hydroxylation is 1. The van der Waals surface area contributed by atoms with Crippen LogP contribution >= 0.6 is 12.2 Å². The highest BCUT2D eigenvalue weighted by molar-refractivity contribution is 7.71. The van der Waals surface area contributed by atoms with Crippen LogP contribution in [0.4, 0.5) is 5.82 Å². The molecule has 3 aromatic heterocycles. The third kappa shape index (κ3) is 4.08. The van der Waals surface area contributed by atoms with Crippen molar-refractivity contribution >= 4 is 40.4 Å². The lowest BCUT2D eigenvalue weighted by atomic mass is 10.2. The number of para-hydroxylation sites is 5. The molecule has 38 heavy (non-hydrogen) atoms. The van der Waals surface area contributed by atoms with Crippen LogP contribution in [0.5, 0.6) is 5.75 Å². The fraction of sp³-hybridized carbons (Fsp3) is 0.0690. The first-order chi connectivity index (χ1) is 18.7. The number of anilines is 1. The Balaban J connectivity index is 1.86. The molecule has 0 amide bonds. The first-order valence-electron chi connectivity index (χ1n) is 12.0. The van der Waals surface area contributed by atoms with E-state index in [0.717, 1.165) is 16.9 Å². The van der Waals surface area contributed by atoms with Gasteiger partial charge in [0.15, 0.2) is 21.4 Å². The van der Waals surface area contributed by atoms with Gasteiger partial charge in [-0.1, -0.05) is 48.5 Å². The molecule has 3 aromatic carbocycles. The van der Waals surface area contributed by atoms with E-state index in [1.807, 2.05) is 107 Å². The van der Waals surface area contributed by atoms with Crippen molar-refractivity contribution in [3.8, 4) is 17.1 Å². The molecule has 3 heterocycles. The van der Waals surface area contributed by atoms with Crippen molar-refractivity contribution in [2.45, 2.75) is 6.92 Å². The predicted molar refractivity (Wildman–Crippen MR) is 151 cm³/mol. The largest absolute Gasteiger partial charge is 0.495 e. The third-order valence-corrected chi connectivity index (χ3v) is 6.56. The summed E-state index contributed by atoms with van der Waals surface area (Å²) in [5.74, 6) is 1.24. The Morgan fingerprint density at radius 3 is 2.03 bits per heavy atom. The van der Waals surface area contributed by atoms with Crippen LogP contribution in [0.25, 0.3) is 33.7 Å². The number of hydrogen-bond donors (Lipinski definition) is 1. The zero-order valence-corrected chi connectivity index (χ0v) is 21.6. The molecule has 0 radical (unpaired) electrons. The molecule has 0 spiro atoms. The lowest BCUT2D eigenvalue weighted by Crippen LogP contribution is -2.23. The van der Waals surface area contributed by atoms with Gasteiger partial charge in [-0.25, -0.2) is 15.0 Å². The van der Waals surface area contributed by atoms with Crippen molar-refractivity contribution in [3.05, 3.63) is 113 Å². The van der Waals surface area contributed by atoms with Crippen molar-refractivity contribution in [2.24, 2.45) is 5.10 Å². The first-order valence-corrected chi connectivity index (χ1v) is 12.4. The van der Waals surface area contributed by atoms with E-state index in [1.54, 1.807) is 13.3 Å². The number of hydrogen-bond acceptors (Lipinski definition) is 7. The molecular weight excluding hydrogens is 494 g/mol. The van der Waals surface area contributed by atoms with Gasteiger partial charge in [-0.3, -0.25) is 14.6 Å². The quantitative estimate of drug-likeness (QED) is 0.232. The summed E-state index contributed by atoms with van der Waals surface area (Å²) in [7, 11) is 1.64. The van der Waals surface area contributed by atoms with E-state index in [0.29, 0.717) is 44.0 Å². The van der Waals surface area contributed by atoms with Crippen molar-refractivity contribution in [1.82, 2.24) is 24.1 Å². The Bertz CT molecular complexity index is 1930. The molecule has 6 rings (SSSR count). The Labute approximate surface area is 223 Å². The van der Waals surface area contributed by atoms with Gasteiger partial charge in [-0.15, -0.1) is 0 Å². The molecule has 6 aromatic rings. The first kappa shape index (κ1) is 23.5. The van der Waals surface area contributed by atoms with Gasteiger partial charge in [-0.05, 0) is 67.2 Å². The van der Waals surface area contributed by atoms with Crippen LogP contribution in [-0.2, 0) is 0 Å². The molecule has 0 atom stereocenters. The minimum Gasteiger partial charge on any atom is -0.495 e. The second-order valence-corrected chi connectivity index (χ2v) is 8.92. The van der Waals surface area contributed by atoms with Crippen LogP contribution in [0, 0.1) is 11.7 Å². The summed E-state index contributed by atoms with van der Waals surface area (Å²) >= 11 is 6.18. The molecule has 9 heteroatoms. The highest BCUT2D eigenvalue weighted by Crippen LogP contribution is 2.26. The van der Waals surface area contributed by atoms with Crippen LogP contribution in [0.15, 0.2) is 102 Å². The van der Waals surface area contributed by atoms with Crippen LogP contribution < -0.4 is 15.5 Å². The molecular formula is C29H23N7OS. The number of aromatic nitrogens is 5. The molecule has 186 valence electrons. The van der Waals surface area contributed by atoms with Gasteiger partial charge in [-0.2, -0.15) is 5.10 Å². The summed E-state index contributed by atoms with van der Waals surface area (Å²) in [6, 6.07) is 29.1. The minimum atomic E-state index is 0.478. The van der Waals surface area contributed by atoms with Gasteiger partial charge >= 0.3 is 0 Å². The topological polar surface area (TPSA) is 82.2 Å². The molecule has 0 unspecified atom stereocenters. The summed E-state index contributed by atoms with van der Waals surface area (Å²) in [4.78, 5) is 14.5. The van der Waals surface area contributed by atoms with Crippen molar-refractivity contribution < 1.29 is 4.74 Å². The molecule has 0 aliphatic heterocycles. The molecule has 2 bridgehead atoms. The molecule has 8 nitrogen and oxygen atoms in total. The average molecular weight is 518 g/mol. The smallest absolute Gasteiger partial charge is 0.192 e. The van der Waals surface area contributed by atoms with Gasteiger partial charge in [0, 0.05) is 6.20 Å². The van der Waals surface area contributed by atoms with E-state index in [4.69, 9.17) is 32.0 Å². The number of benzene rings is 3. The van der Waals surface area contributed by atoms with E-state index >= 15 is 0 Å². The highest BCUT2D eigenvalue weighted by Gasteiger charge is 2.19. The number of nitrogens with zero attached hydrogens (tertiary/aromatic N) is 6. The van der Waals surface area contributed by atoms with E-state index in [-0.39, 0.29) is 0 Å². The second kappa shape index (κ2) is 9.87. The lowest BCUT2D eigenvalue weighted by molar-refractivity contribution is 0.412. The Morgan fingerprint density at radius 1 is 0.763 bits per heavy atom. The van der Waals surface area contributed by atoms with Crippen molar-refractivity contribution in [3.63, 3.8) is 0 Å². The summed E-state index contributed by atoms with van der Waals surface area (Å²) in [5.41, 5.74) is 8.25. The standard InChI is InChI=1S/C29H23N7OS/c1-19-11-3-6-14-22(19)35-27-26(34-33-25-17-9-10-18-30-25)28(32-21-13-5-4-12-20(21)31-27)36(29(35)38)23-15-7-8-16-24(23)37-2/h3-18H,1-2H3,(H,30,33)/b34-26+. The number of nitrogens with one attached hydrogen (secondary N) is 1. The van der Waals surface area contributed by atoms with E-state index in [1.165, 1.54) is 0 Å². The Kier molecular flexibility index (Phi) is 6.11. The lowest BCUT2D eigenvalue weighted by Gasteiger charge is -2.18. The molecule has 0 fully saturated rings. The Morgan fingerprint density at radius 2 is 1.37 bits per heavy atom. The fourth-order valence-electron chi connectivity index (χ4n) is 4.39. The van der Waals surface area contributed by atoms with Crippen LogP contribution in [0.2, 0.25) is 0 Å². The molecule has 0 aliphatic rings. The minimum absolute atomic E-state index is 0.478. The van der Waals surface area contributed by atoms with Crippen molar-refractivity contribution in [2.75, 3.05) is 12.5 Å². The Hall–Kier alpha value is -4.89. The summed E-state index contributed by atoms with van der Waals surface area (Å²) in [5, 5.41) is 5.32. The summed E-state index contributed by atoms with van der Waals surface area (Å²) in [6.45, 7) is 2.04. The van der Waals surface area contributed by atoms with E-state index < -0.39 is 0 Å². The fourth-order valence-corrected chi connectivity index (χ4v) is 4.76. The van der Waals surface area contributed by atoms with E-state index in [2.05, 4.69) is 10.4 Å². The SMILES string of the molecule is COc1ccccc1-n1c(=S)n(-c2ccccc2C)c2nc3ccccc3nc1/c2=N/Nc1ccccn1. The zero-order chi connectivity index (χ0) is 26.1. The van der Waals surface area contributed by atoms with Gasteiger partial charge in [0.05, 0.1) is 29.5 Å². The maximum atomic E-state index is 6.18. The van der Waals surface area contributed by atoms with Crippen LogP contribution in [0.3, 0.4) is 0 Å². The third-order valence-electron chi connectivity index (χ3n) is 6.19. The van der Waals surface area contributed by atoms with Gasteiger partial charge in [0.25, 0.3) is 0 Å². The number of methoxy groups -OCH3 is 1. The van der Waals surface area contributed by atoms with Crippen LogP contribution in [-0.4, -0.2) is 31.2 Å². The maximum absolute atomic E-state index is 6.18. The van der Waals surface area contributed by atoms with Gasteiger partial charge in [0.1, 0.15) is 11.6 Å². The normalized spacial score (nSPS) is 11.7. The number of rotatable bonds is 5. The van der Waals surface area contributed by atoms with E-state index in [9.17, 15) is 0 Å². The second-order valence-electron chi connectivity index (χ2n) is 8.56. The summed E-state index contributed by atoms with van der Waals surface area (Å²) in [6.07, 6.45) is 1.71. The van der Waals surface area contributed by atoms with Gasteiger partial charge in [0.2, 0.25) is 0 Å². The summed E-state index contributed by atoms with van der Waals surface area (Å²) < 4.78 is 10.1. The highest BCUT2D eigenvalue weighted by atomic mass is 32.1. The molecule has 0 saturated heterocycles.